The summed E-state index contributed by atoms with van der Waals surface area (Å²) < 4.78 is 36.4. The Kier molecular flexibility index (Phi) is 5.88. The van der Waals surface area contributed by atoms with Crippen LogP contribution in [0.2, 0.25) is 0 Å². The minimum Gasteiger partial charge on any atom is -0.479 e. The Morgan fingerprint density at radius 2 is 1.95 bits per heavy atom. The average molecular weight is 337 g/mol. The Bertz CT molecular complexity index is 491. The van der Waals surface area contributed by atoms with Crippen LogP contribution in [0.15, 0.2) is 12.1 Å². The number of carbonyl (C=O) groups is 2. The summed E-state index contributed by atoms with van der Waals surface area (Å²) in [6.07, 6.45) is 0. The summed E-state index contributed by atoms with van der Waals surface area (Å²) >= 11 is 2.86. The molecule has 0 aromatic heterocycles. The van der Waals surface area contributed by atoms with E-state index in [1.54, 1.807) is 6.92 Å². The predicted molar refractivity (Wildman–Crippen MR) is 66.6 cm³/mol. The quantitative estimate of drug-likeness (QED) is 0.455. The molecule has 0 amide bonds. The lowest BCUT2D eigenvalue weighted by Crippen LogP contribution is -2.15. The topological polar surface area (TPSA) is 52.6 Å². The van der Waals surface area contributed by atoms with Crippen molar-refractivity contribution in [2.45, 2.75) is 6.92 Å². The lowest BCUT2D eigenvalue weighted by atomic mass is 10.1. The van der Waals surface area contributed by atoms with E-state index in [1.807, 2.05) is 0 Å². The lowest BCUT2D eigenvalue weighted by Gasteiger charge is -2.08. The molecule has 0 aliphatic heterocycles. The minimum absolute atomic E-state index is 0.119. The Morgan fingerprint density at radius 1 is 1.26 bits per heavy atom. The summed E-state index contributed by atoms with van der Waals surface area (Å²) in [4.78, 5) is 22.3. The van der Waals surface area contributed by atoms with Gasteiger partial charge in [0.25, 0.3) is 0 Å². The first-order valence-corrected chi connectivity index (χ1v) is 6.48. The molecule has 1 aromatic carbocycles. The number of hydrogen-bond donors (Lipinski definition) is 0. The second-order valence-electron chi connectivity index (χ2n) is 3.41. The lowest BCUT2D eigenvalue weighted by molar-refractivity contribution is -0.145. The van der Waals surface area contributed by atoms with E-state index in [0.29, 0.717) is 0 Å². The number of carbonyl (C=O) groups excluding carboxylic acids is 2. The van der Waals surface area contributed by atoms with E-state index in [1.165, 1.54) is 0 Å². The molecule has 0 saturated carbocycles. The van der Waals surface area contributed by atoms with Gasteiger partial charge in [0.15, 0.2) is 24.0 Å². The molecule has 4 nitrogen and oxygen atoms in total. The summed E-state index contributed by atoms with van der Waals surface area (Å²) in [5.74, 6) is -3.56. The van der Waals surface area contributed by atoms with Crippen molar-refractivity contribution < 1.29 is 27.8 Å². The van der Waals surface area contributed by atoms with Crippen LogP contribution in [-0.2, 0) is 9.53 Å². The molecule has 0 heterocycles. The van der Waals surface area contributed by atoms with E-state index in [9.17, 15) is 18.4 Å². The molecule has 0 radical (unpaired) electrons. The normalized spacial score (nSPS) is 10.1. The molecular weight excluding hydrogens is 326 g/mol. The van der Waals surface area contributed by atoms with Gasteiger partial charge in [0.1, 0.15) is 5.82 Å². The molecule has 0 unspecified atom stereocenters. The van der Waals surface area contributed by atoms with Gasteiger partial charge < -0.3 is 9.47 Å². The van der Waals surface area contributed by atoms with E-state index in [4.69, 9.17) is 4.74 Å². The number of benzene rings is 1. The minimum atomic E-state index is -0.921. The van der Waals surface area contributed by atoms with Crippen LogP contribution in [0.5, 0.6) is 5.75 Å². The van der Waals surface area contributed by atoms with Crippen LogP contribution < -0.4 is 4.74 Å². The third-order valence-corrected chi connectivity index (χ3v) is 2.60. The van der Waals surface area contributed by atoms with Gasteiger partial charge in [-0.05, 0) is 13.0 Å². The third kappa shape index (κ3) is 4.27. The van der Waals surface area contributed by atoms with Crippen molar-refractivity contribution in [1.29, 1.82) is 0 Å². The fraction of sp³-hybridized carbons (Fsp3) is 0.333. The van der Waals surface area contributed by atoms with Gasteiger partial charge in [-0.3, -0.25) is 4.79 Å². The predicted octanol–water partition coefficient (Wildman–Crippen LogP) is 2.48. The number of Topliss-reactive ketones (excluding diaryl/α,β-unsaturated/α-hetero) is 1. The van der Waals surface area contributed by atoms with Gasteiger partial charge in [-0.25, -0.2) is 13.6 Å². The molecule has 7 heteroatoms. The van der Waals surface area contributed by atoms with Gasteiger partial charge in [-0.1, -0.05) is 15.9 Å². The van der Waals surface area contributed by atoms with Crippen molar-refractivity contribution in [2.24, 2.45) is 0 Å². The van der Waals surface area contributed by atoms with Gasteiger partial charge in [-0.15, -0.1) is 0 Å². The van der Waals surface area contributed by atoms with Crippen LogP contribution in [0, 0.1) is 11.6 Å². The van der Waals surface area contributed by atoms with Gasteiger partial charge in [0.05, 0.1) is 17.5 Å². The van der Waals surface area contributed by atoms with E-state index in [-0.39, 0.29) is 17.5 Å². The molecule has 1 rings (SSSR count). The third-order valence-electron chi connectivity index (χ3n) is 2.09. The number of halogens is 3. The van der Waals surface area contributed by atoms with Crippen molar-refractivity contribution >= 4 is 27.7 Å². The first-order valence-electron chi connectivity index (χ1n) is 5.36. The Balaban J connectivity index is 2.84. The van der Waals surface area contributed by atoms with Gasteiger partial charge in [-0.2, -0.15) is 0 Å². The maximum atomic E-state index is 13.6. The molecule has 0 aliphatic carbocycles. The number of alkyl halides is 1. The largest absolute Gasteiger partial charge is 0.479 e. The van der Waals surface area contributed by atoms with Crippen molar-refractivity contribution in [1.82, 2.24) is 0 Å². The Morgan fingerprint density at radius 3 is 2.53 bits per heavy atom. The molecule has 19 heavy (non-hydrogen) atoms. The smallest absolute Gasteiger partial charge is 0.344 e. The fourth-order valence-corrected chi connectivity index (χ4v) is 1.57. The molecule has 0 aliphatic rings. The van der Waals surface area contributed by atoms with Gasteiger partial charge >= 0.3 is 5.97 Å². The Labute approximate surface area is 116 Å². The Hall–Kier alpha value is -1.50. The SMILES string of the molecule is CCOC(=O)COc1cc(F)c(C(=O)CBr)cc1F. The molecule has 0 fully saturated rings. The molecule has 0 saturated heterocycles. The average Bonchev–Trinajstić information content (AvgIpc) is 2.38. The highest BCUT2D eigenvalue weighted by molar-refractivity contribution is 9.09. The summed E-state index contributed by atoms with van der Waals surface area (Å²) in [6.45, 7) is 1.24. The van der Waals surface area contributed by atoms with Crippen LogP contribution in [-0.4, -0.2) is 30.3 Å². The second-order valence-corrected chi connectivity index (χ2v) is 3.97. The first-order chi connectivity index (χ1) is 8.99. The number of rotatable bonds is 6. The summed E-state index contributed by atoms with van der Waals surface area (Å²) in [5.41, 5.74) is -0.377. The van der Waals surface area contributed by atoms with E-state index in [0.717, 1.165) is 12.1 Å². The van der Waals surface area contributed by atoms with Crippen molar-refractivity contribution in [3.63, 3.8) is 0 Å². The molecule has 0 atom stereocenters. The molecule has 0 N–H and O–H groups in total. The van der Waals surface area contributed by atoms with Crippen molar-refractivity contribution in [3.8, 4) is 5.75 Å². The van der Waals surface area contributed by atoms with E-state index >= 15 is 0 Å². The standard InChI is InChI=1S/C12H11BrF2O4/c1-2-18-12(17)6-19-11-4-8(14)7(3-9(11)15)10(16)5-13/h3-4H,2,5-6H2,1H3. The molecule has 0 bridgehead atoms. The first kappa shape index (κ1) is 15.6. The summed E-state index contributed by atoms with van der Waals surface area (Å²) in [5, 5.41) is -0.119. The summed E-state index contributed by atoms with van der Waals surface area (Å²) in [7, 11) is 0. The molecule has 1 aromatic rings. The van der Waals surface area contributed by atoms with Crippen LogP contribution in [0.3, 0.4) is 0 Å². The van der Waals surface area contributed by atoms with Crippen LogP contribution in [0.4, 0.5) is 8.78 Å². The number of ketones is 1. The highest BCUT2D eigenvalue weighted by Gasteiger charge is 2.16. The van der Waals surface area contributed by atoms with Crippen molar-refractivity contribution in [3.05, 3.63) is 29.3 Å². The van der Waals surface area contributed by atoms with E-state index < -0.39 is 35.7 Å². The van der Waals surface area contributed by atoms with Crippen LogP contribution >= 0.6 is 15.9 Å². The number of esters is 1. The zero-order valence-electron chi connectivity index (χ0n) is 10.0. The van der Waals surface area contributed by atoms with Gasteiger partial charge in [0, 0.05) is 6.07 Å². The van der Waals surface area contributed by atoms with Gasteiger partial charge in [0.2, 0.25) is 0 Å². The number of ether oxygens (including phenoxy) is 2. The monoisotopic (exact) mass is 336 g/mol. The maximum absolute atomic E-state index is 13.6. The van der Waals surface area contributed by atoms with E-state index in [2.05, 4.69) is 20.7 Å². The molecule has 0 spiro atoms. The van der Waals surface area contributed by atoms with Crippen LogP contribution in [0.25, 0.3) is 0 Å². The maximum Gasteiger partial charge on any atom is 0.344 e. The summed E-state index contributed by atoms with van der Waals surface area (Å²) in [6, 6.07) is 1.46. The van der Waals surface area contributed by atoms with Crippen LogP contribution in [0.1, 0.15) is 17.3 Å². The fourth-order valence-electron chi connectivity index (χ4n) is 1.26. The van der Waals surface area contributed by atoms with Crippen molar-refractivity contribution in [2.75, 3.05) is 18.5 Å². The zero-order chi connectivity index (χ0) is 14.4. The second kappa shape index (κ2) is 7.18. The highest BCUT2D eigenvalue weighted by Crippen LogP contribution is 2.22. The highest BCUT2D eigenvalue weighted by atomic mass is 79.9. The molecule has 104 valence electrons. The molecular formula is C12H11BrF2O4. The zero-order valence-corrected chi connectivity index (χ0v) is 11.6. The number of hydrogen-bond acceptors (Lipinski definition) is 4.